The molecule has 0 N–H and O–H groups in total. The van der Waals surface area contributed by atoms with E-state index in [0.717, 1.165) is 13.0 Å². The topological polar surface area (TPSA) is 9.23 Å². The molecular weight excluding hydrogens is 184 g/mol. The van der Waals surface area contributed by atoms with Gasteiger partial charge in [0.25, 0.3) is 0 Å². The highest BCUT2D eigenvalue weighted by molar-refractivity contribution is 4.70. The molecule has 0 unspecified atom stereocenters. The van der Waals surface area contributed by atoms with Gasteiger partial charge in [-0.25, -0.2) is 0 Å². The van der Waals surface area contributed by atoms with Crippen LogP contribution in [-0.2, 0) is 4.74 Å². The Morgan fingerprint density at radius 2 is 1.40 bits per heavy atom. The minimum absolute atomic E-state index is 0.894. The highest BCUT2D eigenvalue weighted by Crippen LogP contribution is 2.08. The van der Waals surface area contributed by atoms with Crippen LogP contribution >= 0.6 is 0 Å². The van der Waals surface area contributed by atoms with Gasteiger partial charge in [-0.05, 0) is 12.8 Å². The summed E-state index contributed by atoms with van der Waals surface area (Å²) >= 11 is 0. The third-order valence-electron chi connectivity index (χ3n) is 2.54. The lowest BCUT2D eigenvalue weighted by Gasteiger charge is -2.01. The lowest BCUT2D eigenvalue weighted by molar-refractivity contribution is 0.239. The molecule has 0 fully saturated rings. The normalized spacial score (nSPS) is 11.1. The second-order valence-electron chi connectivity index (χ2n) is 4.13. The minimum atomic E-state index is 0.894. The molecule has 0 saturated carbocycles. The van der Waals surface area contributed by atoms with E-state index in [0.29, 0.717) is 0 Å². The molecule has 0 aromatic carbocycles. The fourth-order valence-corrected chi connectivity index (χ4v) is 1.55. The average molecular weight is 212 g/mol. The van der Waals surface area contributed by atoms with Crippen LogP contribution in [0.25, 0.3) is 0 Å². The van der Waals surface area contributed by atoms with Crippen molar-refractivity contribution in [3.8, 4) is 0 Å². The first-order chi connectivity index (χ1) is 7.41. The third-order valence-corrected chi connectivity index (χ3v) is 2.54. The lowest BCUT2D eigenvalue weighted by Crippen LogP contribution is -1.88. The average Bonchev–Trinajstić information content (AvgIpc) is 2.26. The Bertz CT molecular complexity index is 129. The summed E-state index contributed by atoms with van der Waals surface area (Å²) in [7, 11) is 0. The van der Waals surface area contributed by atoms with Gasteiger partial charge in [0.1, 0.15) is 0 Å². The molecule has 0 rings (SSSR count). The van der Waals surface area contributed by atoms with Crippen molar-refractivity contribution in [1.29, 1.82) is 0 Å². The van der Waals surface area contributed by atoms with Crippen LogP contribution in [0.5, 0.6) is 0 Å². The van der Waals surface area contributed by atoms with Gasteiger partial charge in [-0.15, -0.1) is 0 Å². The predicted molar refractivity (Wildman–Crippen MR) is 68.0 cm³/mol. The molecular formula is C14H28O. The molecule has 0 heterocycles. The predicted octanol–water partition coefficient (Wildman–Crippen LogP) is 5.07. The van der Waals surface area contributed by atoms with Crippen molar-refractivity contribution >= 4 is 0 Å². The zero-order chi connectivity index (χ0) is 11.2. The van der Waals surface area contributed by atoms with Crippen LogP contribution in [0.4, 0.5) is 0 Å². The van der Waals surface area contributed by atoms with Crippen LogP contribution < -0.4 is 0 Å². The van der Waals surface area contributed by atoms with E-state index in [4.69, 9.17) is 4.74 Å². The third kappa shape index (κ3) is 13.5. The summed E-state index contributed by atoms with van der Waals surface area (Å²) < 4.78 is 5.34. The summed E-state index contributed by atoms with van der Waals surface area (Å²) in [6.45, 7) is 5.28. The smallest absolute Gasteiger partial charge is 0.0873 e. The Morgan fingerprint density at radius 1 is 0.800 bits per heavy atom. The SMILES string of the molecule is CC/C=C\OCCCCCCCCCC. The molecule has 0 aromatic rings. The number of hydrogen-bond acceptors (Lipinski definition) is 1. The van der Waals surface area contributed by atoms with Crippen molar-refractivity contribution in [1.82, 2.24) is 0 Å². The molecule has 0 saturated heterocycles. The van der Waals surface area contributed by atoms with Gasteiger partial charge in [0.2, 0.25) is 0 Å². The van der Waals surface area contributed by atoms with E-state index in [-0.39, 0.29) is 0 Å². The molecule has 90 valence electrons. The van der Waals surface area contributed by atoms with Crippen LogP contribution in [0.1, 0.15) is 71.6 Å². The van der Waals surface area contributed by atoms with Crippen molar-refractivity contribution in [2.45, 2.75) is 71.6 Å². The summed E-state index contributed by atoms with van der Waals surface area (Å²) in [4.78, 5) is 0. The van der Waals surface area contributed by atoms with Gasteiger partial charge in [0, 0.05) is 0 Å². The molecule has 15 heavy (non-hydrogen) atoms. The van der Waals surface area contributed by atoms with E-state index in [1.807, 2.05) is 6.26 Å². The van der Waals surface area contributed by atoms with Crippen molar-refractivity contribution < 1.29 is 4.74 Å². The first kappa shape index (κ1) is 14.5. The van der Waals surface area contributed by atoms with Gasteiger partial charge in [0.15, 0.2) is 0 Å². The molecule has 0 aromatic heterocycles. The van der Waals surface area contributed by atoms with Gasteiger partial charge in [0.05, 0.1) is 12.9 Å². The van der Waals surface area contributed by atoms with E-state index in [2.05, 4.69) is 19.9 Å². The largest absolute Gasteiger partial charge is 0.502 e. The van der Waals surface area contributed by atoms with Crippen LogP contribution in [0.2, 0.25) is 0 Å². The summed E-state index contributed by atoms with van der Waals surface area (Å²) in [6, 6.07) is 0. The van der Waals surface area contributed by atoms with E-state index in [1.165, 1.54) is 51.4 Å². The van der Waals surface area contributed by atoms with E-state index in [9.17, 15) is 0 Å². The standard InChI is InChI=1S/C14H28O/c1-3-5-7-8-9-10-11-12-14-15-13-6-4-2/h6,13H,3-5,7-12,14H2,1-2H3/b13-6-. The molecule has 0 aliphatic rings. The Hall–Kier alpha value is -0.460. The second-order valence-corrected chi connectivity index (χ2v) is 4.13. The van der Waals surface area contributed by atoms with Crippen molar-refractivity contribution in [3.63, 3.8) is 0 Å². The van der Waals surface area contributed by atoms with Gasteiger partial charge >= 0.3 is 0 Å². The zero-order valence-electron chi connectivity index (χ0n) is 10.6. The van der Waals surface area contributed by atoms with Crippen LogP contribution in [-0.4, -0.2) is 6.61 Å². The molecule has 0 aliphatic carbocycles. The van der Waals surface area contributed by atoms with Crippen molar-refractivity contribution in [2.75, 3.05) is 6.61 Å². The number of ether oxygens (including phenoxy) is 1. The molecule has 0 amide bonds. The lowest BCUT2D eigenvalue weighted by atomic mass is 10.1. The molecule has 0 atom stereocenters. The number of hydrogen-bond donors (Lipinski definition) is 0. The van der Waals surface area contributed by atoms with E-state index in [1.54, 1.807) is 0 Å². The molecule has 1 nitrogen and oxygen atoms in total. The van der Waals surface area contributed by atoms with Crippen LogP contribution in [0.15, 0.2) is 12.3 Å². The van der Waals surface area contributed by atoms with E-state index < -0.39 is 0 Å². The van der Waals surface area contributed by atoms with E-state index >= 15 is 0 Å². The molecule has 0 bridgehead atoms. The van der Waals surface area contributed by atoms with Gasteiger partial charge in [-0.3, -0.25) is 0 Å². The fraction of sp³-hybridized carbons (Fsp3) is 0.857. The molecule has 1 heteroatoms. The fourth-order valence-electron chi connectivity index (χ4n) is 1.55. The maximum absolute atomic E-state index is 5.34. The first-order valence-corrected chi connectivity index (χ1v) is 6.68. The monoisotopic (exact) mass is 212 g/mol. The maximum Gasteiger partial charge on any atom is 0.0873 e. The van der Waals surface area contributed by atoms with Gasteiger partial charge < -0.3 is 4.74 Å². The Labute approximate surface area is 95.9 Å². The molecule has 0 radical (unpaired) electrons. The number of unbranched alkanes of at least 4 members (excludes halogenated alkanes) is 7. The second kappa shape index (κ2) is 13.5. The molecule has 0 spiro atoms. The molecule has 0 aliphatic heterocycles. The van der Waals surface area contributed by atoms with Crippen LogP contribution in [0, 0.1) is 0 Å². The van der Waals surface area contributed by atoms with Crippen molar-refractivity contribution in [2.24, 2.45) is 0 Å². The summed E-state index contributed by atoms with van der Waals surface area (Å²) in [5.74, 6) is 0. The summed E-state index contributed by atoms with van der Waals surface area (Å²) in [5.41, 5.74) is 0. The van der Waals surface area contributed by atoms with Gasteiger partial charge in [-0.1, -0.05) is 64.9 Å². The minimum Gasteiger partial charge on any atom is -0.502 e. The summed E-state index contributed by atoms with van der Waals surface area (Å²) in [5, 5.41) is 0. The number of allylic oxidation sites excluding steroid dienone is 1. The summed E-state index contributed by atoms with van der Waals surface area (Å²) in [6.07, 6.45) is 15.9. The maximum atomic E-state index is 5.34. The quantitative estimate of drug-likeness (QED) is 0.343. The van der Waals surface area contributed by atoms with Crippen molar-refractivity contribution in [3.05, 3.63) is 12.3 Å². The van der Waals surface area contributed by atoms with Gasteiger partial charge in [-0.2, -0.15) is 0 Å². The first-order valence-electron chi connectivity index (χ1n) is 6.68. The Kier molecular flexibility index (Phi) is 13.1. The zero-order valence-corrected chi connectivity index (χ0v) is 10.6. The number of rotatable bonds is 11. The van der Waals surface area contributed by atoms with Crippen LogP contribution in [0.3, 0.4) is 0 Å². The highest BCUT2D eigenvalue weighted by atomic mass is 16.5. The Morgan fingerprint density at radius 3 is 2.00 bits per heavy atom. The highest BCUT2D eigenvalue weighted by Gasteiger charge is 1.90. The Balaban J connectivity index is 2.89.